The standard InChI is InChI=1S/C13H19NO6/c1-3-5-7-9-17-12(15)18-10(8-6-4-2)11-14-20-13(16)19-11/h7,9-10H,3-6,8H2,1-2H3. The van der Waals surface area contributed by atoms with Gasteiger partial charge in [0.05, 0.1) is 6.26 Å². The van der Waals surface area contributed by atoms with Gasteiger partial charge < -0.3 is 13.9 Å². The van der Waals surface area contributed by atoms with Crippen LogP contribution in [0.15, 0.2) is 26.1 Å². The maximum absolute atomic E-state index is 11.5. The normalized spacial score (nSPS) is 12.5. The molecule has 1 aromatic heterocycles. The SMILES string of the molecule is CCCC=COC(=O)OC(CCCC)c1noc(=O)o1. The van der Waals surface area contributed by atoms with Crippen molar-refractivity contribution in [3.63, 3.8) is 0 Å². The highest BCUT2D eigenvalue weighted by Gasteiger charge is 2.23. The summed E-state index contributed by atoms with van der Waals surface area (Å²) in [5, 5.41) is 3.43. The molecule has 0 amide bonds. The number of allylic oxidation sites excluding steroid dienone is 1. The second-order valence-corrected chi connectivity index (χ2v) is 4.15. The van der Waals surface area contributed by atoms with E-state index >= 15 is 0 Å². The molecule has 0 N–H and O–H groups in total. The second-order valence-electron chi connectivity index (χ2n) is 4.15. The average Bonchev–Trinajstić information content (AvgIpc) is 2.86. The van der Waals surface area contributed by atoms with Gasteiger partial charge in [0.1, 0.15) is 0 Å². The Morgan fingerprint density at radius 2 is 2.20 bits per heavy atom. The third-order valence-electron chi connectivity index (χ3n) is 2.45. The summed E-state index contributed by atoms with van der Waals surface area (Å²) in [7, 11) is 0. The fraction of sp³-hybridized carbons (Fsp3) is 0.615. The summed E-state index contributed by atoms with van der Waals surface area (Å²) in [5.41, 5.74) is 0. The lowest BCUT2D eigenvalue weighted by Crippen LogP contribution is -2.11. The molecule has 0 saturated heterocycles. The Balaban J connectivity index is 2.56. The molecule has 1 aromatic rings. The van der Waals surface area contributed by atoms with Crippen LogP contribution in [-0.2, 0) is 9.47 Å². The molecule has 7 nitrogen and oxygen atoms in total. The molecule has 0 spiro atoms. The number of unbranched alkanes of at least 4 members (excludes halogenated alkanes) is 2. The van der Waals surface area contributed by atoms with Crippen LogP contribution < -0.4 is 5.82 Å². The number of carbonyl (C=O) groups excluding carboxylic acids is 1. The van der Waals surface area contributed by atoms with E-state index in [9.17, 15) is 9.59 Å². The van der Waals surface area contributed by atoms with Crippen LogP contribution >= 0.6 is 0 Å². The quantitative estimate of drug-likeness (QED) is 0.534. The summed E-state index contributed by atoms with van der Waals surface area (Å²) in [6.07, 6.45) is 5.26. The van der Waals surface area contributed by atoms with Gasteiger partial charge in [0.15, 0.2) is 6.10 Å². The molecule has 1 atom stereocenters. The zero-order valence-corrected chi connectivity index (χ0v) is 11.7. The molecular formula is C13H19NO6. The van der Waals surface area contributed by atoms with E-state index in [1.165, 1.54) is 6.26 Å². The van der Waals surface area contributed by atoms with Gasteiger partial charge in [-0.2, -0.15) is 0 Å². The zero-order chi connectivity index (χ0) is 14.8. The molecular weight excluding hydrogens is 266 g/mol. The van der Waals surface area contributed by atoms with Crippen LogP contribution in [0.25, 0.3) is 0 Å². The largest absolute Gasteiger partial charge is 0.542 e. The van der Waals surface area contributed by atoms with Crippen molar-refractivity contribution < 1.29 is 23.2 Å². The van der Waals surface area contributed by atoms with Crippen molar-refractivity contribution in [2.45, 2.75) is 52.1 Å². The van der Waals surface area contributed by atoms with Gasteiger partial charge in [-0.3, -0.25) is 4.52 Å². The third-order valence-corrected chi connectivity index (χ3v) is 2.45. The summed E-state index contributed by atoms with van der Waals surface area (Å²) in [6, 6.07) is 0. The summed E-state index contributed by atoms with van der Waals surface area (Å²) in [6.45, 7) is 4.00. The highest BCUT2D eigenvalue weighted by molar-refractivity contribution is 5.60. The molecule has 0 radical (unpaired) electrons. The summed E-state index contributed by atoms with van der Waals surface area (Å²) < 4.78 is 18.8. The lowest BCUT2D eigenvalue weighted by atomic mass is 10.1. The molecule has 0 aliphatic heterocycles. The maximum atomic E-state index is 11.5. The minimum Gasteiger partial charge on any atom is -0.421 e. The first-order valence-corrected chi connectivity index (χ1v) is 6.66. The lowest BCUT2D eigenvalue weighted by molar-refractivity contribution is 0.0293. The van der Waals surface area contributed by atoms with Crippen molar-refractivity contribution in [2.24, 2.45) is 0 Å². The van der Waals surface area contributed by atoms with Gasteiger partial charge in [-0.1, -0.05) is 26.7 Å². The zero-order valence-electron chi connectivity index (χ0n) is 11.7. The van der Waals surface area contributed by atoms with E-state index in [0.29, 0.717) is 6.42 Å². The predicted molar refractivity (Wildman–Crippen MR) is 68.9 cm³/mol. The Hall–Kier alpha value is -2.05. The van der Waals surface area contributed by atoms with Gasteiger partial charge in [0.2, 0.25) is 0 Å². The number of nitrogens with zero attached hydrogens (tertiary/aromatic N) is 1. The number of rotatable bonds is 8. The highest BCUT2D eigenvalue weighted by atomic mass is 16.7. The van der Waals surface area contributed by atoms with Gasteiger partial charge in [0, 0.05) is 0 Å². The molecule has 0 fully saturated rings. The van der Waals surface area contributed by atoms with Gasteiger partial charge in [0.25, 0.3) is 5.89 Å². The van der Waals surface area contributed by atoms with Gasteiger partial charge in [-0.05, 0) is 30.5 Å². The van der Waals surface area contributed by atoms with E-state index in [0.717, 1.165) is 25.7 Å². The molecule has 0 saturated carbocycles. The van der Waals surface area contributed by atoms with Crippen LogP contribution in [0.4, 0.5) is 4.79 Å². The van der Waals surface area contributed by atoms with Gasteiger partial charge in [-0.25, -0.2) is 9.59 Å². The molecule has 0 aliphatic carbocycles. The fourth-order valence-corrected chi connectivity index (χ4v) is 1.43. The van der Waals surface area contributed by atoms with Gasteiger partial charge in [-0.15, -0.1) is 0 Å². The molecule has 0 aliphatic rings. The van der Waals surface area contributed by atoms with E-state index in [1.54, 1.807) is 6.08 Å². The highest BCUT2D eigenvalue weighted by Crippen LogP contribution is 2.21. The summed E-state index contributed by atoms with van der Waals surface area (Å²) in [4.78, 5) is 22.3. The molecule has 0 aromatic carbocycles. The van der Waals surface area contributed by atoms with Crippen LogP contribution in [-0.4, -0.2) is 11.3 Å². The van der Waals surface area contributed by atoms with E-state index in [4.69, 9.17) is 13.9 Å². The van der Waals surface area contributed by atoms with Crippen LogP contribution in [0.3, 0.4) is 0 Å². The smallest absolute Gasteiger partial charge is 0.421 e. The Labute approximate surface area is 116 Å². The van der Waals surface area contributed by atoms with Crippen LogP contribution in [0.5, 0.6) is 0 Å². The van der Waals surface area contributed by atoms with Crippen molar-refractivity contribution in [1.82, 2.24) is 5.16 Å². The molecule has 0 bridgehead atoms. The Bertz CT molecular complexity index is 475. The van der Waals surface area contributed by atoms with Crippen LogP contribution in [0.2, 0.25) is 0 Å². The van der Waals surface area contributed by atoms with E-state index in [-0.39, 0.29) is 5.89 Å². The Kier molecular flexibility index (Phi) is 7.16. The lowest BCUT2D eigenvalue weighted by Gasteiger charge is -2.11. The molecule has 20 heavy (non-hydrogen) atoms. The Morgan fingerprint density at radius 3 is 2.80 bits per heavy atom. The van der Waals surface area contributed by atoms with Crippen molar-refractivity contribution in [2.75, 3.05) is 0 Å². The minimum atomic E-state index is -0.929. The number of hydrogen-bond acceptors (Lipinski definition) is 7. The van der Waals surface area contributed by atoms with Crippen LogP contribution in [0, 0.1) is 0 Å². The molecule has 7 heteroatoms. The predicted octanol–water partition coefficient (Wildman–Crippen LogP) is 3.33. The summed E-state index contributed by atoms with van der Waals surface area (Å²) >= 11 is 0. The number of hydrogen-bond donors (Lipinski definition) is 0. The minimum absolute atomic E-state index is 0.0575. The monoisotopic (exact) mass is 285 g/mol. The first kappa shape index (κ1) is 16.0. The Morgan fingerprint density at radius 1 is 1.40 bits per heavy atom. The van der Waals surface area contributed by atoms with Gasteiger partial charge >= 0.3 is 12.0 Å². The van der Waals surface area contributed by atoms with E-state index in [1.807, 2.05) is 13.8 Å². The third kappa shape index (κ3) is 5.73. The summed E-state index contributed by atoms with van der Waals surface area (Å²) in [5.74, 6) is -0.987. The molecule has 1 rings (SSSR count). The van der Waals surface area contributed by atoms with Crippen molar-refractivity contribution >= 4 is 6.16 Å². The first-order chi connectivity index (χ1) is 9.67. The number of carbonyl (C=O) groups is 1. The van der Waals surface area contributed by atoms with E-state index in [2.05, 4.69) is 9.68 Å². The number of aromatic nitrogens is 1. The average molecular weight is 285 g/mol. The van der Waals surface area contributed by atoms with Crippen molar-refractivity contribution in [1.29, 1.82) is 0 Å². The van der Waals surface area contributed by atoms with E-state index < -0.39 is 18.1 Å². The second kappa shape index (κ2) is 8.95. The van der Waals surface area contributed by atoms with Crippen LogP contribution in [0.1, 0.15) is 57.9 Å². The first-order valence-electron chi connectivity index (χ1n) is 6.66. The molecule has 1 heterocycles. The fourth-order valence-electron chi connectivity index (χ4n) is 1.43. The molecule has 1 unspecified atom stereocenters. The van der Waals surface area contributed by atoms with Crippen molar-refractivity contribution in [3.8, 4) is 0 Å². The number of ether oxygens (including phenoxy) is 2. The maximum Gasteiger partial charge on any atom is 0.542 e. The molecule has 112 valence electrons. The van der Waals surface area contributed by atoms with Crippen molar-refractivity contribution in [3.05, 3.63) is 28.8 Å². The topological polar surface area (TPSA) is 91.8 Å².